The summed E-state index contributed by atoms with van der Waals surface area (Å²) in [5.41, 5.74) is 4.71. The number of amides is 2. The fourth-order valence-corrected chi connectivity index (χ4v) is 2.60. The number of hydrogen-bond donors (Lipinski definition) is 7. The standard InChI is InChI=1S/C14H10ClFN2O4.C7H7NO3.2CH4/c15-11-8(16)4-2-5-9(11)17-14(22)18-10-6-1-3-7(12(10)19)13(20)21;8-5-3-1-2-4(6(5)9)7(10)11;;/h1-6,19H,(H,20,21)(H2,17,18,22);1-3,9H,8H2,(H,10,11);2*1H4. The van der Waals surface area contributed by atoms with Gasteiger partial charge in [-0.25, -0.2) is 18.8 Å². The fourth-order valence-electron chi connectivity index (χ4n) is 2.43. The number of urea groups is 1. The first-order valence-corrected chi connectivity index (χ1v) is 9.28. The molecule has 3 aromatic rings. The maximum absolute atomic E-state index is 13.3. The topological polar surface area (TPSA) is 182 Å². The maximum Gasteiger partial charge on any atom is 0.339 e. The zero-order valence-electron chi connectivity index (χ0n) is 16.5. The molecule has 0 aliphatic heterocycles. The van der Waals surface area contributed by atoms with Crippen LogP contribution in [0.1, 0.15) is 35.6 Å². The Morgan fingerprint density at radius 2 is 1.23 bits per heavy atom. The summed E-state index contributed by atoms with van der Waals surface area (Å²) in [7, 11) is 0. The minimum Gasteiger partial charge on any atom is -0.505 e. The predicted octanol–water partition coefficient (Wildman–Crippen LogP) is 5.47. The van der Waals surface area contributed by atoms with E-state index in [2.05, 4.69) is 10.6 Å². The molecule has 0 bridgehead atoms. The molecule has 0 aliphatic carbocycles. The van der Waals surface area contributed by atoms with Crippen LogP contribution < -0.4 is 16.4 Å². The second-order valence-corrected chi connectivity index (χ2v) is 6.61. The van der Waals surface area contributed by atoms with E-state index in [0.717, 1.165) is 6.07 Å². The highest BCUT2D eigenvalue weighted by Gasteiger charge is 2.15. The van der Waals surface area contributed by atoms with Crippen molar-refractivity contribution in [2.75, 3.05) is 16.4 Å². The highest BCUT2D eigenvalue weighted by molar-refractivity contribution is 6.34. The van der Waals surface area contributed by atoms with Gasteiger partial charge < -0.3 is 36.8 Å². The molecule has 8 N–H and O–H groups in total. The van der Waals surface area contributed by atoms with Crippen molar-refractivity contribution < 1.29 is 39.2 Å². The first kappa shape index (κ1) is 30.5. The minimum absolute atomic E-state index is 0. The molecule has 0 aromatic heterocycles. The van der Waals surface area contributed by atoms with Crippen molar-refractivity contribution in [1.82, 2.24) is 0 Å². The molecule has 2 amide bonds. The summed E-state index contributed by atoms with van der Waals surface area (Å²) in [5.74, 6) is -4.18. The number of aromatic carboxylic acids is 2. The van der Waals surface area contributed by atoms with E-state index in [4.69, 9.17) is 32.7 Å². The van der Waals surface area contributed by atoms with Gasteiger partial charge in [-0.15, -0.1) is 0 Å². The zero-order valence-corrected chi connectivity index (χ0v) is 17.3. The number of nitrogens with one attached hydrogen (secondary N) is 2. The first-order chi connectivity index (χ1) is 15.5. The summed E-state index contributed by atoms with van der Waals surface area (Å²) < 4.78 is 13.3. The third-order valence-corrected chi connectivity index (χ3v) is 4.40. The van der Waals surface area contributed by atoms with Gasteiger partial charge in [0.25, 0.3) is 0 Å². The minimum atomic E-state index is -1.34. The average molecular weight is 510 g/mol. The van der Waals surface area contributed by atoms with Gasteiger partial charge in [-0.05, 0) is 36.4 Å². The van der Waals surface area contributed by atoms with Crippen molar-refractivity contribution in [1.29, 1.82) is 0 Å². The van der Waals surface area contributed by atoms with Gasteiger partial charge in [-0.2, -0.15) is 0 Å². The molecule has 0 spiro atoms. The molecule has 10 nitrogen and oxygen atoms in total. The number of benzene rings is 3. The predicted molar refractivity (Wildman–Crippen MR) is 132 cm³/mol. The average Bonchev–Trinajstić information content (AvgIpc) is 2.75. The van der Waals surface area contributed by atoms with Gasteiger partial charge in [0.15, 0.2) is 11.5 Å². The largest absolute Gasteiger partial charge is 0.505 e. The molecule has 35 heavy (non-hydrogen) atoms. The molecule has 0 atom stereocenters. The van der Waals surface area contributed by atoms with Crippen LogP contribution in [0.15, 0.2) is 54.6 Å². The number of carboxylic acid groups (broad SMARTS) is 2. The maximum atomic E-state index is 13.3. The molecule has 188 valence electrons. The van der Waals surface area contributed by atoms with Crippen molar-refractivity contribution >= 4 is 46.6 Å². The van der Waals surface area contributed by atoms with Crippen LogP contribution in [0.3, 0.4) is 0 Å². The zero-order chi connectivity index (χ0) is 24.7. The Morgan fingerprint density at radius 1 is 0.771 bits per heavy atom. The number of nitrogen functional groups attached to an aromatic ring is 1. The Balaban J connectivity index is 0.000000757. The summed E-state index contributed by atoms with van der Waals surface area (Å²) in [4.78, 5) is 33.1. The fraction of sp³-hybridized carbons (Fsp3) is 0.0870. The second-order valence-electron chi connectivity index (χ2n) is 6.24. The number of carbonyl (C=O) groups is 3. The highest BCUT2D eigenvalue weighted by atomic mass is 35.5. The second kappa shape index (κ2) is 13.3. The highest BCUT2D eigenvalue weighted by Crippen LogP contribution is 2.29. The number of para-hydroxylation sites is 2. The lowest BCUT2D eigenvalue weighted by Gasteiger charge is -2.11. The molecule has 0 radical (unpaired) electrons. The summed E-state index contributed by atoms with van der Waals surface area (Å²) in [6, 6.07) is 11.1. The lowest BCUT2D eigenvalue weighted by atomic mass is 10.1. The van der Waals surface area contributed by atoms with Gasteiger partial charge in [0, 0.05) is 0 Å². The Labute approximate surface area is 205 Å². The molecule has 0 saturated heterocycles. The summed E-state index contributed by atoms with van der Waals surface area (Å²) in [6.07, 6.45) is 0. The number of carbonyl (C=O) groups excluding carboxylic acids is 1. The van der Waals surface area contributed by atoms with Gasteiger partial charge >= 0.3 is 18.0 Å². The third-order valence-electron chi connectivity index (χ3n) is 4.01. The number of nitrogens with two attached hydrogens (primary N) is 1. The third kappa shape index (κ3) is 7.79. The van der Waals surface area contributed by atoms with E-state index in [1.165, 1.54) is 48.5 Å². The summed E-state index contributed by atoms with van der Waals surface area (Å²) in [6.45, 7) is 0. The van der Waals surface area contributed by atoms with Gasteiger partial charge in [0.05, 0.1) is 22.1 Å². The molecule has 3 aromatic carbocycles. The van der Waals surface area contributed by atoms with Crippen molar-refractivity contribution in [2.24, 2.45) is 0 Å². The quantitative estimate of drug-likeness (QED) is 0.178. The van der Waals surface area contributed by atoms with Crippen LogP contribution in [0.25, 0.3) is 0 Å². The van der Waals surface area contributed by atoms with Crippen LogP contribution in [0.2, 0.25) is 5.02 Å². The lowest BCUT2D eigenvalue weighted by molar-refractivity contribution is 0.0682. The van der Waals surface area contributed by atoms with Gasteiger partial charge in [-0.3, -0.25) is 0 Å². The smallest absolute Gasteiger partial charge is 0.339 e. The normalized spacial score (nSPS) is 9.31. The van der Waals surface area contributed by atoms with Crippen LogP contribution in [0, 0.1) is 5.82 Å². The van der Waals surface area contributed by atoms with Crippen molar-refractivity contribution in [2.45, 2.75) is 14.9 Å². The van der Waals surface area contributed by atoms with E-state index in [1.54, 1.807) is 0 Å². The molecule has 3 rings (SSSR count). The number of hydrogen-bond acceptors (Lipinski definition) is 6. The number of carboxylic acids is 2. The van der Waals surface area contributed by atoms with Crippen LogP contribution >= 0.6 is 11.6 Å². The van der Waals surface area contributed by atoms with Crippen molar-refractivity contribution in [3.8, 4) is 11.5 Å². The van der Waals surface area contributed by atoms with E-state index in [1.807, 2.05) is 0 Å². The van der Waals surface area contributed by atoms with Crippen LogP contribution in [-0.4, -0.2) is 38.4 Å². The van der Waals surface area contributed by atoms with E-state index < -0.39 is 29.5 Å². The first-order valence-electron chi connectivity index (χ1n) is 8.91. The molecular formula is C23H25ClFN3O7. The number of rotatable bonds is 4. The molecular weight excluding hydrogens is 485 g/mol. The van der Waals surface area contributed by atoms with E-state index in [0.29, 0.717) is 0 Å². The number of phenols is 2. The number of anilines is 3. The van der Waals surface area contributed by atoms with Crippen molar-refractivity contribution in [3.05, 3.63) is 76.6 Å². The Morgan fingerprint density at radius 3 is 1.77 bits per heavy atom. The van der Waals surface area contributed by atoms with Crippen LogP contribution in [0.5, 0.6) is 11.5 Å². The summed E-state index contributed by atoms with van der Waals surface area (Å²) >= 11 is 5.69. The molecule has 0 fully saturated rings. The van der Waals surface area contributed by atoms with Gasteiger partial charge in [-0.1, -0.05) is 44.7 Å². The number of halogens is 2. The van der Waals surface area contributed by atoms with Gasteiger partial charge in [0.1, 0.15) is 16.9 Å². The lowest BCUT2D eigenvalue weighted by Crippen LogP contribution is -2.20. The van der Waals surface area contributed by atoms with Crippen molar-refractivity contribution in [3.63, 3.8) is 0 Å². The Kier molecular flexibility index (Phi) is 11.5. The Bertz CT molecular complexity index is 1220. The van der Waals surface area contributed by atoms with E-state index >= 15 is 0 Å². The van der Waals surface area contributed by atoms with E-state index in [9.17, 15) is 23.9 Å². The van der Waals surface area contributed by atoms with E-state index in [-0.39, 0.29) is 53.8 Å². The number of aromatic hydroxyl groups is 2. The summed E-state index contributed by atoms with van der Waals surface area (Å²) in [5, 5.41) is 40.5. The molecule has 0 unspecified atom stereocenters. The Hall–Kier alpha value is -4.51. The molecule has 12 heteroatoms. The SMILES string of the molecule is C.C.Nc1cccc(C(=O)O)c1O.O=C(Nc1cccc(C(=O)O)c1O)Nc1cccc(F)c1Cl. The van der Waals surface area contributed by atoms with Gasteiger partial charge in [0.2, 0.25) is 0 Å². The molecule has 0 saturated carbocycles. The monoisotopic (exact) mass is 509 g/mol. The van der Waals surface area contributed by atoms with Crippen LogP contribution in [0.4, 0.5) is 26.2 Å². The molecule has 0 aliphatic rings. The van der Waals surface area contributed by atoms with Crippen LogP contribution in [-0.2, 0) is 0 Å². The molecule has 0 heterocycles.